The van der Waals surface area contributed by atoms with Crippen LogP contribution in [0.3, 0.4) is 0 Å². The maximum Gasteiger partial charge on any atom is 0.271 e. The lowest BCUT2D eigenvalue weighted by molar-refractivity contribution is -0.385. The standard InChI is InChI=1S/C18H13N5O6/c24-17(19-13-4-2-6-15(10-13)23(28)29)11-21-18(25)8-7-16(20-21)12-3-1-5-14(9-12)22(26)27/h1-10H,11H2,(H,19,24). The number of carbonyl (C=O) groups excluding carboxylic acids is 1. The van der Waals surface area contributed by atoms with Crippen molar-refractivity contribution in [3.63, 3.8) is 0 Å². The molecule has 1 heterocycles. The van der Waals surface area contributed by atoms with Crippen molar-refractivity contribution in [2.24, 2.45) is 0 Å². The summed E-state index contributed by atoms with van der Waals surface area (Å²) in [5.74, 6) is -0.615. The van der Waals surface area contributed by atoms with Crippen LogP contribution in [0.4, 0.5) is 17.1 Å². The van der Waals surface area contributed by atoms with E-state index in [0.29, 0.717) is 5.56 Å². The van der Waals surface area contributed by atoms with Gasteiger partial charge in [0.25, 0.3) is 16.9 Å². The maximum absolute atomic E-state index is 12.2. The predicted molar refractivity (Wildman–Crippen MR) is 102 cm³/mol. The van der Waals surface area contributed by atoms with Crippen LogP contribution in [0.5, 0.6) is 0 Å². The number of nitrogens with zero attached hydrogens (tertiary/aromatic N) is 4. The molecule has 146 valence electrons. The van der Waals surface area contributed by atoms with Crippen LogP contribution in [-0.2, 0) is 11.3 Å². The number of rotatable bonds is 6. The highest BCUT2D eigenvalue weighted by atomic mass is 16.6. The van der Waals surface area contributed by atoms with Gasteiger partial charge in [-0.1, -0.05) is 18.2 Å². The van der Waals surface area contributed by atoms with E-state index in [9.17, 15) is 29.8 Å². The van der Waals surface area contributed by atoms with Gasteiger partial charge in [-0.3, -0.25) is 29.8 Å². The van der Waals surface area contributed by atoms with Gasteiger partial charge in [-0.25, -0.2) is 4.68 Å². The number of benzene rings is 2. The van der Waals surface area contributed by atoms with Crippen LogP contribution >= 0.6 is 0 Å². The monoisotopic (exact) mass is 395 g/mol. The second-order valence-electron chi connectivity index (χ2n) is 5.88. The van der Waals surface area contributed by atoms with E-state index < -0.39 is 27.9 Å². The molecule has 0 aliphatic heterocycles. The zero-order valence-corrected chi connectivity index (χ0v) is 14.7. The fraction of sp³-hybridized carbons (Fsp3) is 0.0556. The van der Waals surface area contributed by atoms with E-state index in [1.165, 1.54) is 54.6 Å². The normalized spacial score (nSPS) is 10.3. The van der Waals surface area contributed by atoms with Gasteiger partial charge in [0.05, 0.1) is 15.5 Å². The summed E-state index contributed by atoms with van der Waals surface area (Å²) in [7, 11) is 0. The molecule has 3 aromatic rings. The third kappa shape index (κ3) is 4.66. The minimum absolute atomic E-state index is 0.134. The molecule has 11 nitrogen and oxygen atoms in total. The van der Waals surface area contributed by atoms with E-state index >= 15 is 0 Å². The van der Waals surface area contributed by atoms with Crippen molar-refractivity contribution < 1.29 is 14.6 Å². The van der Waals surface area contributed by atoms with E-state index in [4.69, 9.17) is 0 Å². The lowest BCUT2D eigenvalue weighted by Gasteiger charge is -2.08. The molecule has 0 bridgehead atoms. The number of nitro groups is 2. The number of nitrogens with one attached hydrogen (secondary N) is 1. The first kappa shape index (κ1) is 19.4. The number of aromatic nitrogens is 2. The number of nitro benzene ring substituents is 2. The van der Waals surface area contributed by atoms with Crippen LogP contribution in [0.1, 0.15) is 0 Å². The molecule has 0 radical (unpaired) electrons. The Morgan fingerprint density at radius 2 is 1.62 bits per heavy atom. The molecule has 0 aliphatic carbocycles. The van der Waals surface area contributed by atoms with Crippen molar-refractivity contribution in [3.8, 4) is 11.3 Å². The number of non-ortho nitro benzene ring substituents is 2. The minimum atomic E-state index is -0.615. The zero-order valence-electron chi connectivity index (χ0n) is 14.7. The molecule has 29 heavy (non-hydrogen) atoms. The summed E-state index contributed by atoms with van der Waals surface area (Å²) in [6.45, 7) is -0.440. The van der Waals surface area contributed by atoms with Crippen LogP contribution < -0.4 is 10.9 Å². The smallest absolute Gasteiger partial charge is 0.271 e. The molecule has 2 aromatic carbocycles. The summed E-state index contributed by atoms with van der Waals surface area (Å²) < 4.78 is 0.904. The van der Waals surface area contributed by atoms with E-state index in [1.807, 2.05) is 0 Å². The second kappa shape index (κ2) is 8.08. The van der Waals surface area contributed by atoms with E-state index in [2.05, 4.69) is 10.4 Å². The number of hydrogen-bond acceptors (Lipinski definition) is 7. The van der Waals surface area contributed by atoms with Gasteiger partial charge in [-0.2, -0.15) is 5.10 Å². The Morgan fingerprint density at radius 1 is 0.966 bits per heavy atom. The molecule has 11 heteroatoms. The zero-order chi connectivity index (χ0) is 21.0. The van der Waals surface area contributed by atoms with Crippen molar-refractivity contribution >= 4 is 23.0 Å². The molecule has 0 fully saturated rings. The highest BCUT2D eigenvalue weighted by Gasteiger charge is 2.12. The lowest BCUT2D eigenvalue weighted by Crippen LogP contribution is -2.29. The molecule has 3 rings (SSSR count). The predicted octanol–water partition coefficient (Wildman–Crippen LogP) is 2.37. The first-order valence-electron chi connectivity index (χ1n) is 8.21. The molecule has 0 aliphatic rings. The van der Waals surface area contributed by atoms with Gasteiger partial charge >= 0.3 is 0 Å². The first-order chi connectivity index (χ1) is 13.8. The van der Waals surface area contributed by atoms with Crippen molar-refractivity contribution in [3.05, 3.63) is 91.2 Å². The van der Waals surface area contributed by atoms with Gasteiger partial charge in [-0.05, 0) is 12.1 Å². The summed E-state index contributed by atoms with van der Waals surface area (Å²) in [6, 6.07) is 13.7. The van der Waals surface area contributed by atoms with Crippen molar-refractivity contribution in [2.45, 2.75) is 6.54 Å². The Balaban J connectivity index is 1.82. The third-order valence-electron chi connectivity index (χ3n) is 3.85. The highest BCUT2D eigenvalue weighted by molar-refractivity contribution is 5.90. The number of carbonyl (C=O) groups is 1. The molecule has 1 aromatic heterocycles. The lowest BCUT2D eigenvalue weighted by atomic mass is 10.1. The van der Waals surface area contributed by atoms with Gasteiger partial charge in [0, 0.05) is 41.6 Å². The van der Waals surface area contributed by atoms with Crippen molar-refractivity contribution in [1.82, 2.24) is 9.78 Å². The maximum atomic E-state index is 12.2. The first-order valence-corrected chi connectivity index (χ1v) is 8.21. The number of hydrogen-bond donors (Lipinski definition) is 1. The average molecular weight is 395 g/mol. The molecule has 1 amide bonds. The second-order valence-corrected chi connectivity index (χ2v) is 5.88. The molecule has 0 saturated heterocycles. The summed E-state index contributed by atoms with van der Waals surface area (Å²) in [6.07, 6.45) is 0. The van der Waals surface area contributed by atoms with Gasteiger partial charge in [0.2, 0.25) is 5.91 Å². The molecular formula is C18H13N5O6. The summed E-state index contributed by atoms with van der Waals surface area (Å²) in [5, 5.41) is 28.3. The number of amides is 1. The van der Waals surface area contributed by atoms with Gasteiger partial charge in [-0.15, -0.1) is 0 Å². The summed E-state index contributed by atoms with van der Waals surface area (Å²) in [5.41, 5.74) is 0.0141. The van der Waals surface area contributed by atoms with Crippen molar-refractivity contribution in [2.75, 3.05) is 5.32 Å². The number of anilines is 1. The molecular weight excluding hydrogens is 382 g/mol. The summed E-state index contributed by atoms with van der Waals surface area (Å²) in [4.78, 5) is 44.9. The van der Waals surface area contributed by atoms with Crippen LogP contribution in [0.15, 0.2) is 65.5 Å². The van der Waals surface area contributed by atoms with Crippen LogP contribution in [0.2, 0.25) is 0 Å². The van der Waals surface area contributed by atoms with Gasteiger partial charge in [0.1, 0.15) is 6.54 Å². The Kier molecular flexibility index (Phi) is 5.39. The van der Waals surface area contributed by atoms with E-state index in [-0.39, 0.29) is 22.8 Å². The van der Waals surface area contributed by atoms with Crippen LogP contribution in [-0.4, -0.2) is 25.5 Å². The summed E-state index contributed by atoms with van der Waals surface area (Å²) >= 11 is 0. The quantitative estimate of drug-likeness (QED) is 0.497. The molecule has 0 saturated carbocycles. The largest absolute Gasteiger partial charge is 0.324 e. The van der Waals surface area contributed by atoms with E-state index in [0.717, 1.165) is 4.68 Å². The molecule has 0 atom stereocenters. The van der Waals surface area contributed by atoms with E-state index in [1.54, 1.807) is 6.07 Å². The highest BCUT2D eigenvalue weighted by Crippen LogP contribution is 2.21. The molecule has 0 spiro atoms. The van der Waals surface area contributed by atoms with Crippen LogP contribution in [0, 0.1) is 20.2 Å². The Hall–Kier alpha value is -4.41. The molecule has 0 unspecified atom stereocenters. The Morgan fingerprint density at radius 3 is 2.31 bits per heavy atom. The minimum Gasteiger partial charge on any atom is -0.324 e. The Bertz CT molecular complexity index is 1170. The third-order valence-corrected chi connectivity index (χ3v) is 3.85. The van der Waals surface area contributed by atoms with Crippen LogP contribution in [0.25, 0.3) is 11.3 Å². The van der Waals surface area contributed by atoms with Gasteiger partial charge < -0.3 is 5.32 Å². The SMILES string of the molecule is O=C(Cn1nc(-c2cccc([N+](=O)[O-])c2)ccc1=O)Nc1cccc([N+](=O)[O-])c1. The molecule has 1 N–H and O–H groups in total. The van der Waals surface area contributed by atoms with Crippen molar-refractivity contribution in [1.29, 1.82) is 0 Å². The fourth-order valence-corrected chi connectivity index (χ4v) is 2.53. The fourth-order valence-electron chi connectivity index (χ4n) is 2.53. The van der Waals surface area contributed by atoms with Gasteiger partial charge in [0.15, 0.2) is 0 Å². The Labute approximate surface area is 162 Å². The topological polar surface area (TPSA) is 150 Å². The average Bonchev–Trinajstić information content (AvgIpc) is 2.70.